The maximum Gasteiger partial charge on any atom is 0.160 e. The summed E-state index contributed by atoms with van der Waals surface area (Å²) in [5, 5.41) is 13.0. The fourth-order valence-corrected chi connectivity index (χ4v) is 2.04. The Kier molecular flexibility index (Phi) is 5.01. The summed E-state index contributed by atoms with van der Waals surface area (Å²) in [5.41, 5.74) is 1.06. The molecule has 0 radical (unpaired) electrons. The third kappa shape index (κ3) is 3.83. The summed E-state index contributed by atoms with van der Waals surface area (Å²) < 4.78 is 16.0. The highest BCUT2D eigenvalue weighted by Gasteiger charge is 2.16. The SMILES string of the molecule is COc1cc(C(C)NCC2COCCO2)ccc1O. The minimum Gasteiger partial charge on any atom is -0.504 e. The van der Waals surface area contributed by atoms with Crippen molar-refractivity contribution in [3.05, 3.63) is 23.8 Å². The monoisotopic (exact) mass is 267 g/mol. The number of methoxy groups -OCH3 is 1. The minimum absolute atomic E-state index is 0.107. The smallest absolute Gasteiger partial charge is 0.160 e. The van der Waals surface area contributed by atoms with E-state index in [0.29, 0.717) is 25.6 Å². The van der Waals surface area contributed by atoms with Gasteiger partial charge in [0.2, 0.25) is 0 Å². The molecule has 1 heterocycles. The average molecular weight is 267 g/mol. The lowest BCUT2D eigenvalue weighted by atomic mass is 10.1. The zero-order valence-electron chi connectivity index (χ0n) is 11.4. The second-order valence-corrected chi connectivity index (χ2v) is 4.63. The van der Waals surface area contributed by atoms with Gasteiger partial charge in [0.25, 0.3) is 0 Å². The molecule has 0 aliphatic carbocycles. The van der Waals surface area contributed by atoms with E-state index in [1.54, 1.807) is 13.2 Å². The van der Waals surface area contributed by atoms with Gasteiger partial charge in [0, 0.05) is 12.6 Å². The van der Waals surface area contributed by atoms with Crippen molar-refractivity contribution in [1.82, 2.24) is 5.32 Å². The highest BCUT2D eigenvalue weighted by atomic mass is 16.6. The summed E-state index contributed by atoms with van der Waals surface area (Å²) in [6.45, 7) is 4.79. The quantitative estimate of drug-likeness (QED) is 0.846. The lowest BCUT2D eigenvalue weighted by Gasteiger charge is -2.25. The van der Waals surface area contributed by atoms with Crippen LogP contribution in [0.3, 0.4) is 0 Å². The van der Waals surface area contributed by atoms with Gasteiger partial charge < -0.3 is 24.6 Å². The Labute approximate surface area is 113 Å². The molecule has 1 aromatic rings. The molecule has 0 amide bonds. The highest BCUT2D eigenvalue weighted by Crippen LogP contribution is 2.28. The third-order valence-corrected chi connectivity index (χ3v) is 3.24. The standard InChI is InChI=1S/C14H21NO4/c1-10(15-8-12-9-18-5-6-19-12)11-3-4-13(16)14(7-11)17-2/h3-4,7,10,12,15-16H,5-6,8-9H2,1-2H3. The summed E-state index contributed by atoms with van der Waals surface area (Å²) in [4.78, 5) is 0. The van der Waals surface area contributed by atoms with Crippen molar-refractivity contribution in [1.29, 1.82) is 0 Å². The van der Waals surface area contributed by atoms with Crippen LogP contribution in [0, 0.1) is 0 Å². The molecular weight excluding hydrogens is 246 g/mol. The molecule has 2 unspecified atom stereocenters. The Balaban J connectivity index is 1.89. The maximum absolute atomic E-state index is 9.57. The largest absolute Gasteiger partial charge is 0.504 e. The van der Waals surface area contributed by atoms with Gasteiger partial charge in [-0.2, -0.15) is 0 Å². The van der Waals surface area contributed by atoms with Crippen LogP contribution in [0.2, 0.25) is 0 Å². The summed E-state index contributed by atoms with van der Waals surface area (Å²) in [7, 11) is 1.55. The Morgan fingerprint density at radius 3 is 3.00 bits per heavy atom. The fourth-order valence-electron chi connectivity index (χ4n) is 2.04. The lowest BCUT2D eigenvalue weighted by molar-refractivity contribution is -0.0869. The van der Waals surface area contributed by atoms with Crippen LogP contribution in [-0.2, 0) is 9.47 Å². The van der Waals surface area contributed by atoms with Crippen molar-refractivity contribution in [2.45, 2.75) is 19.1 Å². The van der Waals surface area contributed by atoms with Crippen molar-refractivity contribution in [2.75, 3.05) is 33.5 Å². The molecule has 0 saturated carbocycles. The molecule has 2 rings (SSSR count). The van der Waals surface area contributed by atoms with E-state index in [-0.39, 0.29) is 17.9 Å². The van der Waals surface area contributed by atoms with Gasteiger partial charge in [0.05, 0.1) is 33.0 Å². The topological polar surface area (TPSA) is 60.0 Å². The molecule has 2 N–H and O–H groups in total. The van der Waals surface area contributed by atoms with Crippen molar-refractivity contribution in [3.63, 3.8) is 0 Å². The maximum atomic E-state index is 9.57. The predicted molar refractivity (Wildman–Crippen MR) is 71.6 cm³/mol. The zero-order chi connectivity index (χ0) is 13.7. The van der Waals surface area contributed by atoms with E-state index in [9.17, 15) is 5.11 Å². The van der Waals surface area contributed by atoms with E-state index in [1.165, 1.54) is 0 Å². The van der Waals surface area contributed by atoms with Gasteiger partial charge in [-0.05, 0) is 24.6 Å². The van der Waals surface area contributed by atoms with Gasteiger partial charge in [-0.15, -0.1) is 0 Å². The number of hydrogen-bond acceptors (Lipinski definition) is 5. The van der Waals surface area contributed by atoms with E-state index in [2.05, 4.69) is 12.2 Å². The molecule has 19 heavy (non-hydrogen) atoms. The molecule has 1 aliphatic heterocycles. The second-order valence-electron chi connectivity index (χ2n) is 4.63. The highest BCUT2D eigenvalue weighted by molar-refractivity contribution is 5.42. The average Bonchev–Trinajstić information content (AvgIpc) is 2.46. The van der Waals surface area contributed by atoms with Crippen molar-refractivity contribution >= 4 is 0 Å². The number of benzene rings is 1. The van der Waals surface area contributed by atoms with Crippen molar-refractivity contribution in [2.24, 2.45) is 0 Å². The fraction of sp³-hybridized carbons (Fsp3) is 0.571. The summed E-state index contributed by atoms with van der Waals surface area (Å²) in [6.07, 6.45) is 0.107. The predicted octanol–water partition coefficient (Wildman–Crippen LogP) is 1.47. The molecule has 0 spiro atoms. The number of hydrogen-bond donors (Lipinski definition) is 2. The van der Waals surface area contributed by atoms with Gasteiger partial charge in [-0.1, -0.05) is 6.07 Å². The molecule has 5 nitrogen and oxygen atoms in total. The van der Waals surface area contributed by atoms with Crippen molar-refractivity contribution < 1.29 is 19.3 Å². The molecule has 2 atom stereocenters. The number of ether oxygens (including phenoxy) is 3. The Hall–Kier alpha value is -1.30. The van der Waals surface area contributed by atoms with E-state index in [4.69, 9.17) is 14.2 Å². The molecule has 0 aromatic heterocycles. The van der Waals surface area contributed by atoms with Gasteiger partial charge in [-0.25, -0.2) is 0 Å². The van der Waals surface area contributed by atoms with E-state index < -0.39 is 0 Å². The Bertz CT molecular complexity index is 404. The molecular formula is C14H21NO4. The van der Waals surface area contributed by atoms with Crippen LogP contribution in [0.25, 0.3) is 0 Å². The first-order valence-corrected chi connectivity index (χ1v) is 6.50. The van der Waals surface area contributed by atoms with Crippen LogP contribution in [0.4, 0.5) is 0 Å². The zero-order valence-corrected chi connectivity index (χ0v) is 11.4. The van der Waals surface area contributed by atoms with Crippen LogP contribution in [0.5, 0.6) is 11.5 Å². The number of nitrogens with one attached hydrogen (secondary N) is 1. The van der Waals surface area contributed by atoms with Crippen molar-refractivity contribution in [3.8, 4) is 11.5 Å². The molecule has 1 aromatic carbocycles. The first-order valence-electron chi connectivity index (χ1n) is 6.50. The van der Waals surface area contributed by atoms with Gasteiger partial charge in [0.15, 0.2) is 11.5 Å². The summed E-state index contributed by atoms with van der Waals surface area (Å²) >= 11 is 0. The number of phenols is 1. The van der Waals surface area contributed by atoms with E-state index >= 15 is 0 Å². The lowest BCUT2D eigenvalue weighted by Crippen LogP contribution is -2.38. The van der Waals surface area contributed by atoms with Crippen LogP contribution in [0.1, 0.15) is 18.5 Å². The van der Waals surface area contributed by atoms with E-state index in [1.807, 2.05) is 12.1 Å². The Morgan fingerprint density at radius 2 is 2.32 bits per heavy atom. The van der Waals surface area contributed by atoms with Crippen LogP contribution in [0.15, 0.2) is 18.2 Å². The van der Waals surface area contributed by atoms with Crippen LogP contribution >= 0.6 is 0 Å². The van der Waals surface area contributed by atoms with Gasteiger partial charge >= 0.3 is 0 Å². The van der Waals surface area contributed by atoms with Gasteiger partial charge in [-0.3, -0.25) is 0 Å². The summed E-state index contributed by atoms with van der Waals surface area (Å²) in [6, 6.07) is 5.52. The van der Waals surface area contributed by atoms with Crippen LogP contribution in [-0.4, -0.2) is 44.7 Å². The molecule has 1 aliphatic rings. The first kappa shape index (κ1) is 14.1. The molecule has 0 bridgehead atoms. The number of aromatic hydroxyl groups is 1. The number of rotatable bonds is 5. The molecule has 106 valence electrons. The van der Waals surface area contributed by atoms with Gasteiger partial charge in [0.1, 0.15) is 0 Å². The normalized spacial score (nSPS) is 21.1. The molecule has 1 fully saturated rings. The van der Waals surface area contributed by atoms with E-state index in [0.717, 1.165) is 12.1 Å². The number of phenolic OH excluding ortho intramolecular Hbond substituents is 1. The van der Waals surface area contributed by atoms with Crippen LogP contribution < -0.4 is 10.1 Å². The third-order valence-electron chi connectivity index (χ3n) is 3.24. The minimum atomic E-state index is 0.107. The first-order chi connectivity index (χ1) is 9.20. The second kappa shape index (κ2) is 6.75. The Morgan fingerprint density at radius 1 is 1.47 bits per heavy atom. The molecule has 5 heteroatoms. The molecule has 1 saturated heterocycles. The summed E-state index contributed by atoms with van der Waals surface area (Å²) in [5.74, 6) is 0.644.